The third-order valence-corrected chi connectivity index (χ3v) is 1.24. The van der Waals surface area contributed by atoms with Gasteiger partial charge in [-0.3, -0.25) is 0 Å². The van der Waals surface area contributed by atoms with Gasteiger partial charge in [0.2, 0.25) is 0 Å². The van der Waals surface area contributed by atoms with E-state index < -0.39 is 0 Å². The van der Waals surface area contributed by atoms with Gasteiger partial charge in [0.05, 0.1) is 5.56 Å². The van der Waals surface area contributed by atoms with Crippen molar-refractivity contribution < 1.29 is 0 Å². The van der Waals surface area contributed by atoms with Crippen LogP contribution in [0.3, 0.4) is 0 Å². The summed E-state index contributed by atoms with van der Waals surface area (Å²) in [6.07, 6.45) is 0. The average Bonchev–Trinajstić information content (AvgIpc) is 2.04. The van der Waals surface area contributed by atoms with Gasteiger partial charge in [-0.15, -0.1) is 4.91 Å². The summed E-state index contributed by atoms with van der Waals surface area (Å²) in [6, 6.07) is 6.20. The molecule has 0 spiro atoms. The van der Waals surface area contributed by atoms with Gasteiger partial charge in [0, 0.05) is 5.69 Å². The van der Waals surface area contributed by atoms with Crippen LogP contribution in [0, 0.1) is 16.2 Å². The van der Waals surface area contributed by atoms with Crippen molar-refractivity contribution in [1.82, 2.24) is 0 Å². The number of benzene rings is 1. The Morgan fingerprint density at radius 3 is 2.82 bits per heavy atom. The molecule has 0 bridgehead atoms. The molecule has 0 aliphatic carbocycles. The highest BCUT2D eigenvalue weighted by atomic mass is 16.3. The molecule has 0 unspecified atom stereocenters. The first-order valence-electron chi connectivity index (χ1n) is 2.91. The van der Waals surface area contributed by atoms with E-state index in [-0.39, 0.29) is 11.3 Å². The molecule has 0 radical (unpaired) electrons. The highest BCUT2D eigenvalue weighted by Crippen LogP contribution is 2.20. The summed E-state index contributed by atoms with van der Waals surface area (Å²) in [5, 5.41) is 11.1. The molecule has 54 valence electrons. The molecule has 1 aromatic rings. The van der Waals surface area contributed by atoms with Gasteiger partial charge in [-0.05, 0) is 23.4 Å². The van der Waals surface area contributed by atoms with Gasteiger partial charge < -0.3 is 5.73 Å². The summed E-state index contributed by atoms with van der Waals surface area (Å²) < 4.78 is 0. The molecule has 0 fully saturated rings. The van der Waals surface area contributed by atoms with Crippen LogP contribution in [-0.4, -0.2) is 0 Å². The smallest absolute Gasteiger partial charge is 0.127 e. The van der Waals surface area contributed by atoms with E-state index in [1.165, 1.54) is 12.1 Å². The van der Waals surface area contributed by atoms with Crippen LogP contribution in [0.1, 0.15) is 5.56 Å². The van der Waals surface area contributed by atoms with Crippen molar-refractivity contribution in [2.45, 2.75) is 0 Å². The Bertz CT molecular complexity index is 327. The minimum absolute atomic E-state index is 0.0903. The van der Waals surface area contributed by atoms with Crippen molar-refractivity contribution in [3.8, 4) is 6.07 Å². The second kappa shape index (κ2) is 2.80. The number of hydrogen-bond donors (Lipinski definition) is 1. The molecule has 0 aliphatic rings. The van der Waals surface area contributed by atoms with E-state index in [1.54, 1.807) is 6.07 Å². The van der Waals surface area contributed by atoms with Crippen LogP contribution >= 0.6 is 0 Å². The molecule has 4 nitrogen and oxygen atoms in total. The van der Waals surface area contributed by atoms with Crippen molar-refractivity contribution in [3.63, 3.8) is 0 Å². The minimum atomic E-state index is 0.0903. The van der Waals surface area contributed by atoms with E-state index in [0.717, 1.165) is 0 Å². The van der Waals surface area contributed by atoms with Crippen LogP contribution < -0.4 is 5.73 Å². The highest BCUT2D eigenvalue weighted by molar-refractivity contribution is 5.60. The number of nitriles is 1. The van der Waals surface area contributed by atoms with Gasteiger partial charge >= 0.3 is 0 Å². The molecule has 1 aromatic carbocycles. The molecular weight excluding hydrogens is 142 g/mol. The fourth-order valence-electron chi connectivity index (χ4n) is 0.719. The third kappa shape index (κ3) is 1.33. The lowest BCUT2D eigenvalue weighted by Gasteiger charge is -1.94. The summed E-state index contributed by atoms with van der Waals surface area (Å²) in [5.41, 5.74) is 6.11. The van der Waals surface area contributed by atoms with Crippen molar-refractivity contribution in [3.05, 3.63) is 28.7 Å². The van der Waals surface area contributed by atoms with E-state index in [0.29, 0.717) is 5.69 Å². The lowest BCUT2D eigenvalue weighted by Crippen LogP contribution is -1.84. The van der Waals surface area contributed by atoms with E-state index in [1.807, 2.05) is 6.07 Å². The zero-order valence-corrected chi connectivity index (χ0v) is 5.61. The van der Waals surface area contributed by atoms with E-state index >= 15 is 0 Å². The second-order valence-electron chi connectivity index (χ2n) is 1.98. The van der Waals surface area contributed by atoms with Crippen molar-refractivity contribution >= 4 is 11.4 Å². The summed E-state index contributed by atoms with van der Waals surface area (Å²) in [5.74, 6) is 0. The van der Waals surface area contributed by atoms with E-state index in [2.05, 4.69) is 5.18 Å². The molecule has 0 saturated heterocycles. The van der Waals surface area contributed by atoms with Gasteiger partial charge in [-0.25, -0.2) is 0 Å². The maximum atomic E-state index is 10.1. The molecule has 2 N–H and O–H groups in total. The quantitative estimate of drug-likeness (QED) is 0.483. The van der Waals surface area contributed by atoms with Crippen LogP contribution in [-0.2, 0) is 0 Å². The standard InChI is InChI=1S/C7H5N3O/c8-4-5-1-2-6(9)3-7(5)10-11/h1-3H,9H2. The van der Waals surface area contributed by atoms with E-state index in [9.17, 15) is 4.91 Å². The van der Waals surface area contributed by atoms with Crippen LogP contribution in [0.2, 0.25) is 0 Å². The van der Waals surface area contributed by atoms with Crippen molar-refractivity contribution in [2.75, 3.05) is 5.73 Å². The SMILES string of the molecule is N#Cc1ccc(N)cc1N=O. The molecule has 0 atom stereocenters. The molecule has 1 rings (SSSR count). The number of nitrogen functional groups attached to an aromatic ring is 1. The Balaban J connectivity index is 3.30. The lowest BCUT2D eigenvalue weighted by atomic mass is 10.2. The Hall–Kier alpha value is -1.89. The Morgan fingerprint density at radius 1 is 1.55 bits per heavy atom. The molecule has 0 heterocycles. The van der Waals surface area contributed by atoms with Gasteiger partial charge in [-0.2, -0.15) is 5.26 Å². The number of nitrogens with zero attached hydrogens (tertiary/aromatic N) is 2. The van der Waals surface area contributed by atoms with Crippen LogP contribution in [0.5, 0.6) is 0 Å². The topological polar surface area (TPSA) is 79.2 Å². The molecule has 0 saturated carbocycles. The predicted octanol–water partition coefficient (Wildman–Crippen LogP) is 1.54. The molecular formula is C7H5N3O. The molecule has 4 heteroatoms. The number of nitrogens with two attached hydrogens (primary N) is 1. The number of anilines is 1. The maximum Gasteiger partial charge on any atom is 0.127 e. The van der Waals surface area contributed by atoms with Crippen molar-refractivity contribution in [1.29, 1.82) is 5.26 Å². The van der Waals surface area contributed by atoms with E-state index in [4.69, 9.17) is 11.0 Å². The van der Waals surface area contributed by atoms with Gasteiger partial charge in [0.25, 0.3) is 0 Å². The Kier molecular flexibility index (Phi) is 1.83. The zero-order chi connectivity index (χ0) is 8.27. The first kappa shape index (κ1) is 7.22. The van der Waals surface area contributed by atoms with Crippen molar-refractivity contribution in [2.24, 2.45) is 5.18 Å². The fourth-order valence-corrected chi connectivity index (χ4v) is 0.719. The Labute approximate surface area is 63.2 Å². The Morgan fingerprint density at radius 2 is 2.27 bits per heavy atom. The average molecular weight is 147 g/mol. The number of hydrogen-bond acceptors (Lipinski definition) is 4. The first-order chi connectivity index (χ1) is 5.27. The van der Waals surface area contributed by atoms with Crippen LogP contribution in [0.4, 0.5) is 11.4 Å². The number of rotatable bonds is 1. The third-order valence-electron chi connectivity index (χ3n) is 1.24. The number of nitroso groups, excluding NO2 is 1. The molecule has 0 aromatic heterocycles. The summed E-state index contributed by atoms with van der Waals surface area (Å²) in [4.78, 5) is 10.1. The monoisotopic (exact) mass is 147 g/mol. The molecule has 0 amide bonds. The highest BCUT2D eigenvalue weighted by Gasteiger charge is 2.00. The second-order valence-corrected chi connectivity index (χ2v) is 1.98. The fraction of sp³-hybridized carbons (Fsp3) is 0. The van der Waals surface area contributed by atoms with Gasteiger partial charge in [0.1, 0.15) is 11.8 Å². The minimum Gasteiger partial charge on any atom is -0.399 e. The lowest BCUT2D eigenvalue weighted by molar-refractivity contribution is 1.43. The van der Waals surface area contributed by atoms with Gasteiger partial charge in [0.15, 0.2) is 0 Å². The summed E-state index contributed by atoms with van der Waals surface area (Å²) in [7, 11) is 0. The molecule has 0 aliphatic heterocycles. The van der Waals surface area contributed by atoms with Crippen LogP contribution in [0.15, 0.2) is 23.4 Å². The predicted molar refractivity (Wildman–Crippen MR) is 41.0 cm³/mol. The summed E-state index contributed by atoms with van der Waals surface area (Å²) in [6.45, 7) is 0. The zero-order valence-electron chi connectivity index (χ0n) is 5.61. The first-order valence-corrected chi connectivity index (χ1v) is 2.91. The largest absolute Gasteiger partial charge is 0.399 e. The maximum absolute atomic E-state index is 10.1. The van der Waals surface area contributed by atoms with Crippen LogP contribution in [0.25, 0.3) is 0 Å². The normalized spacial score (nSPS) is 8.64. The molecule has 11 heavy (non-hydrogen) atoms. The van der Waals surface area contributed by atoms with Gasteiger partial charge in [-0.1, -0.05) is 0 Å². The summed E-state index contributed by atoms with van der Waals surface area (Å²) >= 11 is 0.